The van der Waals surface area contributed by atoms with Gasteiger partial charge in [0.2, 0.25) is 10.0 Å². The van der Waals surface area contributed by atoms with Gasteiger partial charge >= 0.3 is 5.97 Å². The summed E-state index contributed by atoms with van der Waals surface area (Å²) in [6.07, 6.45) is 0.613. The number of ether oxygens (including phenoxy) is 3. The molecule has 5 rings (SSSR count). The minimum atomic E-state index is -3.76. The average molecular weight is 551 g/mol. The number of sulfonamides is 1. The van der Waals surface area contributed by atoms with E-state index in [9.17, 15) is 18.0 Å². The van der Waals surface area contributed by atoms with Crippen LogP contribution in [0.2, 0.25) is 0 Å². The average Bonchev–Trinajstić information content (AvgIpc) is 2.99. The van der Waals surface area contributed by atoms with E-state index in [4.69, 9.17) is 14.2 Å². The molecule has 9 nitrogen and oxygen atoms in total. The maximum atomic E-state index is 13.2. The van der Waals surface area contributed by atoms with E-state index in [-0.39, 0.29) is 24.0 Å². The molecule has 1 amide bonds. The number of carbonyl (C=O) groups is 2. The van der Waals surface area contributed by atoms with Crippen molar-refractivity contribution in [3.63, 3.8) is 0 Å². The van der Waals surface area contributed by atoms with Crippen molar-refractivity contribution in [1.29, 1.82) is 0 Å². The molecule has 10 heteroatoms. The van der Waals surface area contributed by atoms with Gasteiger partial charge in [0.25, 0.3) is 5.91 Å². The van der Waals surface area contributed by atoms with E-state index in [1.165, 1.54) is 16.4 Å². The second-order valence-electron chi connectivity index (χ2n) is 9.41. The Morgan fingerprint density at radius 3 is 2.08 bits per heavy atom. The maximum Gasteiger partial charge on any atom is 0.309 e. The number of nitrogens with one attached hydrogen (secondary N) is 1. The lowest BCUT2D eigenvalue weighted by Gasteiger charge is -2.30. The van der Waals surface area contributed by atoms with Gasteiger partial charge in [0.05, 0.1) is 16.9 Å². The summed E-state index contributed by atoms with van der Waals surface area (Å²) in [5, 5.41) is 2.95. The first-order valence-electron chi connectivity index (χ1n) is 12.9. The first-order valence-corrected chi connectivity index (χ1v) is 14.3. The summed E-state index contributed by atoms with van der Waals surface area (Å²) in [5.74, 6) is -0.480. The summed E-state index contributed by atoms with van der Waals surface area (Å²) in [7, 11) is -3.76. The zero-order valence-electron chi connectivity index (χ0n) is 21.3. The van der Waals surface area contributed by atoms with Crippen molar-refractivity contribution in [2.45, 2.75) is 23.8 Å². The van der Waals surface area contributed by atoms with Gasteiger partial charge in [-0.25, -0.2) is 8.42 Å². The second kappa shape index (κ2) is 11.9. The molecule has 39 heavy (non-hydrogen) atoms. The minimum absolute atomic E-state index is 0.121. The van der Waals surface area contributed by atoms with Gasteiger partial charge in [0, 0.05) is 19.2 Å². The highest BCUT2D eigenvalue weighted by atomic mass is 32.2. The van der Waals surface area contributed by atoms with Gasteiger partial charge in [-0.05, 0) is 36.1 Å². The van der Waals surface area contributed by atoms with Crippen LogP contribution in [0, 0.1) is 5.92 Å². The van der Waals surface area contributed by atoms with Gasteiger partial charge < -0.3 is 19.5 Å². The summed E-state index contributed by atoms with van der Waals surface area (Å²) in [6, 6.07) is 23.3. The molecule has 0 spiro atoms. The number of rotatable bonds is 8. The topological polar surface area (TPSA) is 111 Å². The van der Waals surface area contributed by atoms with E-state index < -0.39 is 34.4 Å². The van der Waals surface area contributed by atoms with Crippen LogP contribution in [0.3, 0.4) is 0 Å². The van der Waals surface area contributed by atoms with Crippen LogP contribution in [-0.4, -0.2) is 57.5 Å². The van der Waals surface area contributed by atoms with Crippen LogP contribution in [0.1, 0.15) is 30.0 Å². The van der Waals surface area contributed by atoms with E-state index >= 15 is 0 Å². The Morgan fingerprint density at radius 2 is 1.46 bits per heavy atom. The summed E-state index contributed by atoms with van der Waals surface area (Å²) in [6.45, 7) is 0.719. The fourth-order valence-corrected chi connectivity index (χ4v) is 6.26. The monoisotopic (exact) mass is 550 g/mol. The van der Waals surface area contributed by atoms with Crippen LogP contribution >= 0.6 is 0 Å². The Labute approximate surface area is 227 Å². The molecule has 0 aromatic heterocycles. The lowest BCUT2D eigenvalue weighted by molar-refractivity contribution is -0.153. The van der Waals surface area contributed by atoms with Crippen LogP contribution in [0.25, 0.3) is 0 Å². The lowest BCUT2D eigenvalue weighted by Crippen LogP contribution is -2.41. The van der Waals surface area contributed by atoms with E-state index in [1.54, 1.807) is 6.07 Å². The van der Waals surface area contributed by atoms with Gasteiger partial charge in [-0.1, -0.05) is 60.7 Å². The molecule has 2 heterocycles. The van der Waals surface area contributed by atoms with Crippen molar-refractivity contribution in [2.24, 2.45) is 5.92 Å². The molecular weight excluding hydrogens is 520 g/mol. The third kappa shape index (κ3) is 6.23. The molecule has 2 aliphatic rings. The van der Waals surface area contributed by atoms with E-state index in [0.717, 1.165) is 11.1 Å². The summed E-state index contributed by atoms with van der Waals surface area (Å²) in [5.41, 5.74) is 1.82. The van der Waals surface area contributed by atoms with E-state index in [0.29, 0.717) is 37.6 Å². The standard InChI is InChI=1S/C29H30N2O7S/c32-27(30-28(21-7-3-1-4-8-21)22-9-5-2-6-10-22)20-38-29(33)23-13-15-31(16-14-23)39(34,35)24-11-12-25-26(19-24)37-18-17-36-25/h1-12,19,23,28H,13-18,20H2,(H,30,32). The number of nitrogens with zero attached hydrogens (tertiary/aromatic N) is 1. The number of benzene rings is 3. The van der Waals surface area contributed by atoms with Crippen molar-refractivity contribution in [2.75, 3.05) is 32.9 Å². The Hall–Kier alpha value is -3.89. The smallest absolute Gasteiger partial charge is 0.309 e. The molecule has 0 bridgehead atoms. The normalized spacial score (nSPS) is 16.0. The van der Waals surface area contributed by atoms with Gasteiger partial charge in [0.15, 0.2) is 18.1 Å². The number of fused-ring (bicyclic) bond motifs is 1. The van der Waals surface area contributed by atoms with Gasteiger partial charge in [-0.3, -0.25) is 9.59 Å². The Kier molecular flexibility index (Phi) is 8.13. The second-order valence-corrected chi connectivity index (χ2v) is 11.4. The molecule has 2 aliphatic heterocycles. The fourth-order valence-electron chi connectivity index (χ4n) is 4.77. The molecule has 1 fully saturated rings. The molecule has 0 unspecified atom stereocenters. The molecule has 0 atom stereocenters. The van der Waals surface area contributed by atoms with Crippen molar-refractivity contribution in [3.05, 3.63) is 90.0 Å². The number of hydrogen-bond donors (Lipinski definition) is 1. The van der Waals surface area contributed by atoms with Crippen LogP contribution in [0.4, 0.5) is 0 Å². The molecule has 0 radical (unpaired) electrons. The molecule has 204 valence electrons. The van der Waals surface area contributed by atoms with Gasteiger partial charge in [0.1, 0.15) is 13.2 Å². The third-order valence-corrected chi connectivity index (χ3v) is 8.75. The summed E-state index contributed by atoms with van der Waals surface area (Å²) < 4.78 is 44.0. The fraction of sp³-hybridized carbons (Fsp3) is 0.310. The summed E-state index contributed by atoms with van der Waals surface area (Å²) in [4.78, 5) is 25.6. The number of piperidine rings is 1. The molecule has 0 aliphatic carbocycles. The number of esters is 1. The maximum absolute atomic E-state index is 13.2. The number of hydrogen-bond acceptors (Lipinski definition) is 7. The Morgan fingerprint density at radius 1 is 0.872 bits per heavy atom. The first-order chi connectivity index (χ1) is 18.9. The predicted octanol–water partition coefficient (Wildman–Crippen LogP) is 3.31. The molecule has 3 aromatic rings. The summed E-state index contributed by atoms with van der Waals surface area (Å²) >= 11 is 0. The van der Waals surface area contributed by atoms with Crippen molar-refractivity contribution in [1.82, 2.24) is 9.62 Å². The zero-order valence-corrected chi connectivity index (χ0v) is 22.1. The zero-order chi connectivity index (χ0) is 27.2. The van der Waals surface area contributed by atoms with Crippen LogP contribution in [0.5, 0.6) is 11.5 Å². The van der Waals surface area contributed by atoms with E-state index in [2.05, 4.69) is 5.32 Å². The highest BCUT2D eigenvalue weighted by Gasteiger charge is 2.34. The Bertz CT molecular complexity index is 1370. The van der Waals surface area contributed by atoms with Crippen molar-refractivity contribution < 1.29 is 32.2 Å². The van der Waals surface area contributed by atoms with Gasteiger partial charge in [-0.2, -0.15) is 4.31 Å². The van der Waals surface area contributed by atoms with Gasteiger partial charge in [-0.15, -0.1) is 0 Å². The predicted molar refractivity (Wildman–Crippen MR) is 143 cm³/mol. The molecule has 3 aromatic carbocycles. The van der Waals surface area contributed by atoms with Crippen molar-refractivity contribution in [3.8, 4) is 11.5 Å². The van der Waals surface area contributed by atoms with Crippen molar-refractivity contribution >= 4 is 21.9 Å². The highest BCUT2D eigenvalue weighted by molar-refractivity contribution is 7.89. The van der Waals surface area contributed by atoms with E-state index in [1.807, 2.05) is 60.7 Å². The minimum Gasteiger partial charge on any atom is -0.486 e. The first kappa shape index (κ1) is 26.7. The van der Waals surface area contributed by atoms with Crippen LogP contribution in [0.15, 0.2) is 83.8 Å². The molecular formula is C29H30N2O7S. The molecule has 1 N–H and O–H groups in total. The highest BCUT2D eigenvalue weighted by Crippen LogP contribution is 2.34. The SMILES string of the molecule is O=C(COC(=O)C1CCN(S(=O)(=O)c2ccc3c(c2)OCCO3)CC1)NC(c1ccccc1)c1ccccc1. The molecule has 1 saturated heterocycles. The van der Waals surface area contributed by atoms with Crippen LogP contribution < -0.4 is 14.8 Å². The number of amides is 1. The van der Waals surface area contributed by atoms with Crippen LogP contribution in [-0.2, 0) is 24.3 Å². The molecule has 0 saturated carbocycles. The third-order valence-electron chi connectivity index (χ3n) is 6.86. The lowest BCUT2D eigenvalue weighted by atomic mass is 9.98. The Balaban J connectivity index is 1.14. The number of carbonyl (C=O) groups excluding carboxylic acids is 2. The quantitative estimate of drug-likeness (QED) is 0.429. The largest absolute Gasteiger partial charge is 0.486 e.